The minimum atomic E-state index is -0.370. The molecule has 1 aliphatic rings. The molecule has 0 unspecified atom stereocenters. The summed E-state index contributed by atoms with van der Waals surface area (Å²) in [6.45, 7) is 6.47. The van der Waals surface area contributed by atoms with E-state index in [2.05, 4.69) is 5.32 Å². The number of likely N-dealkylation sites (N-methyl/N-ethyl adjacent to an activating group) is 1. The average molecular weight is 213 g/mol. The summed E-state index contributed by atoms with van der Waals surface area (Å²) in [4.78, 5) is 26.5. The highest BCUT2D eigenvalue weighted by Gasteiger charge is 2.33. The highest BCUT2D eigenvalue weighted by molar-refractivity contribution is 6.35. The van der Waals surface area contributed by atoms with Crippen LogP contribution in [0.3, 0.4) is 0 Å². The van der Waals surface area contributed by atoms with Crippen molar-refractivity contribution in [1.82, 2.24) is 15.1 Å². The van der Waals surface area contributed by atoms with E-state index in [-0.39, 0.29) is 17.9 Å². The highest BCUT2D eigenvalue weighted by atomic mass is 16.2. The van der Waals surface area contributed by atoms with Crippen LogP contribution in [0.15, 0.2) is 0 Å². The van der Waals surface area contributed by atoms with Gasteiger partial charge < -0.3 is 15.1 Å². The lowest BCUT2D eigenvalue weighted by molar-refractivity contribution is -0.157. The van der Waals surface area contributed by atoms with E-state index >= 15 is 0 Å². The van der Waals surface area contributed by atoms with Crippen molar-refractivity contribution < 1.29 is 9.59 Å². The molecule has 0 aromatic rings. The molecule has 1 fully saturated rings. The largest absolute Gasteiger partial charge is 0.331 e. The van der Waals surface area contributed by atoms with E-state index in [9.17, 15) is 9.59 Å². The number of hydrogen-bond donors (Lipinski definition) is 1. The lowest BCUT2D eigenvalue weighted by Crippen LogP contribution is -2.57. The van der Waals surface area contributed by atoms with Crippen LogP contribution in [0.4, 0.5) is 0 Å². The third-order valence-corrected chi connectivity index (χ3v) is 2.60. The van der Waals surface area contributed by atoms with Gasteiger partial charge >= 0.3 is 11.8 Å². The van der Waals surface area contributed by atoms with Gasteiger partial charge in [-0.1, -0.05) is 0 Å². The Bertz CT molecular complexity index is 253. The first kappa shape index (κ1) is 12.0. The fourth-order valence-electron chi connectivity index (χ4n) is 1.64. The first-order valence-corrected chi connectivity index (χ1v) is 5.32. The van der Waals surface area contributed by atoms with Crippen LogP contribution in [0.1, 0.15) is 13.8 Å². The first-order valence-electron chi connectivity index (χ1n) is 5.32. The Morgan fingerprint density at radius 3 is 2.47 bits per heavy atom. The molecule has 5 heteroatoms. The Hall–Kier alpha value is -1.10. The summed E-state index contributed by atoms with van der Waals surface area (Å²) >= 11 is 0. The number of nitrogens with one attached hydrogen (secondary N) is 1. The summed E-state index contributed by atoms with van der Waals surface area (Å²) in [7, 11) is 1.83. The zero-order chi connectivity index (χ0) is 11.4. The predicted molar refractivity (Wildman–Crippen MR) is 57.4 cm³/mol. The van der Waals surface area contributed by atoms with Gasteiger partial charge in [-0.3, -0.25) is 9.59 Å². The average Bonchev–Trinajstić information content (AvgIpc) is 2.20. The van der Waals surface area contributed by atoms with E-state index in [1.165, 1.54) is 0 Å². The molecule has 2 amide bonds. The van der Waals surface area contributed by atoms with Crippen molar-refractivity contribution in [3.05, 3.63) is 0 Å². The Morgan fingerprint density at radius 1 is 1.27 bits per heavy atom. The molecule has 5 nitrogen and oxygen atoms in total. The van der Waals surface area contributed by atoms with E-state index in [0.717, 1.165) is 6.54 Å². The molecule has 0 saturated carbocycles. The highest BCUT2D eigenvalue weighted by Crippen LogP contribution is 2.08. The first-order chi connectivity index (χ1) is 7.07. The van der Waals surface area contributed by atoms with Crippen molar-refractivity contribution in [2.45, 2.75) is 19.9 Å². The monoisotopic (exact) mass is 213 g/mol. The second-order valence-electron chi connectivity index (χ2n) is 3.99. The quantitative estimate of drug-likeness (QED) is 0.627. The fraction of sp³-hybridized carbons (Fsp3) is 0.800. The number of amides is 2. The lowest BCUT2D eigenvalue weighted by atomic mass is 10.2. The molecular formula is C10H19N3O2. The molecule has 1 aliphatic heterocycles. The van der Waals surface area contributed by atoms with Crippen molar-refractivity contribution in [2.24, 2.45) is 0 Å². The number of rotatable bonds is 4. The number of carbonyl (C=O) groups is 2. The van der Waals surface area contributed by atoms with Crippen LogP contribution in [0, 0.1) is 0 Å². The maximum absolute atomic E-state index is 11.7. The second-order valence-corrected chi connectivity index (χ2v) is 3.99. The van der Waals surface area contributed by atoms with Crippen molar-refractivity contribution in [1.29, 1.82) is 0 Å². The van der Waals surface area contributed by atoms with Gasteiger partial charge in [-0.05, 0) is 20.9 Å². The molecule has 1 saturated heterocycles. The third kappa shape index (κ3) is 2.68. The molecule has 0 bridgehead atoms. The number of piperazine rings is 1. The number of hydrogen-bond acceptors (Lipinski definition) is 3. The zero-order valence-corrected chi connectivity index (χ0v) is 9.62. The summed E-state index contributed by atoms with van der Waals surface area (Å²) in [6.07, 6.45) is 0. The molecule has 86 valence electrons. The zero-order valence-electron chi connectivity index (χ0n) is 9.62. The van der Waals surface area contributed by atoms with Crippen molar-refractivity contribution >= 4 is 11.8 Å². The molecule has 0 atom stereocenters. The van der Waals surface area contributed by atoms with Crippen LogP contribution in [-0.2, 0) is 9.59 Å². The fourth-order valence-corrected chi connectivity index (χ4v) is 1.64. The maximum atomic E-state index is 11.7. The Kier molecular flexibility index (Phi) is 4.08. The molecule has 1 N–H and O–H groups in total. The molecule has 0 spiro atoms. The van der Waals surface area contributed by atoms with Gasteiger partial charge in [0.05, 0.1) is 0 Å². The van der Waals surface area contributed by atoms with Gasteiger partial charge in [-0.25, -0.2) is 0 Å². The number of carbonyl (C=O) groups excluding carboxylic acids is 2. The molecule has 1 rings (SSSR count). The summed E-state index contributed by atoms with van der Waals surface area (Å²) in [5, 5.41) is 2.97. The standard InChI is InChI=1S/C10H19N3O2/c1-8(2)13-7-6-12(5-4-11-3)9(14)10(13)15/h8,11H,4-7H2,1-3H3. The molecule has 0 radical (unpaired) electrons. The van der Waals surface area contributed by atoms with Crippen molar-refractivity contribution in [3.63, 3.8) is 0 Å². The van der Waals surface area contributed by atoms with Gasteiger partial charge in [0.15, 0.2) is 0 Å². The van der Waals surface area contributed by atoms with E-state index in [4.69, 9.17) is 0 Å². The van der Waals surface area contributed by atoms with Crippen LogP contribution in [0.25, 0.3) is 0 Å². The van der Waals surface area contributed by atoms with E-state index in [1.807, 2.05) is 20.9 Å². The molecule has 1 heterocycles. The van der Waals surface area contributed by atoms with Gasteiger partial charge in [0.25, 0.3) is 0 Å². The van der Waals surface area contributed by atoms with Crippen LogP contribution in [0.2, 0.25) is 0 Å². The molecular weight excluding hydrogens is 194 g/mol. The van der Waals surface area contributed by atoms with Crippen LogP contribution in [-0.4, -0.2) is 60.9 Å². The van der Waals surface area contributed by atoms with Gasteiger partial charge in [-0.2, -0.15) is 0 Å². The molecule has 15 heavy (non-hydrogen) atoms. The third-order valence-electron chi connectivity index (χ3n) is 2.60. The normalized spacial score (nSPS) is 17.9. The molecule has 0 aromatic carbocycles. The van der Waals surface area contributed by atoms with Gasteiger partial charge in [0.2, 0.25) is 0 Å². The van der Waals surface area contributed by atoms with Crippen LogP contribution < -0.4 is 5.32 Å². The van der Waals surface area contributed by atoms with Crippen molar-refractivity contribution in [3.8, 4) is 0 Å². The minimum absolute atomic E-state index is 0.105. The minimum Gasteiger partial charge on any atom is -0.331 e. The maximum Gasteiger partial charge on any atom is 0.312 e. The van der Waals surface area contributed by atoms with Gasteiger partial charge in [0.1, 0.15) is 0 Å². The van der Waals surface area contributed by atoms with E-state index in [0.29, 0.717) is 19.6 Å². The Labute approximate surface area is 90.4 Å². The summed E-state index contributed by atoms with van der Waals surface area (Å²) in [5.41, 5.74) is 0. The van der Waals surface area contributed by atoms with Crippen LogP contribution >= 0.6 is 0 Å². The Balaban J connectivity index is 2.57. The summed E-state index contributed by atoms with van der Waals surface area (Å²) < 4.78 is 0. The predicted octanol–water partition coefficient (Wildman–Crippen LogP) is -0.715. The summed E-state index contributed by atoms with van der Waals surface area (Å²) in [6, 6.07) is 0.105. The van der Waals surface area contributed by atoms with Gasteiger partial charge in [0, 0.05) is 32.2 Å². The van der Waals surface area contributed by atoms with Gasteiger partial charge in [-0.15, -0.1) is 0 Å². The SMILES string of the molecule is CNCCN1CCN(C(C)C)C(=O)C1=O. The number of nitrogens with zero attached hydrogens (tertiary/aromatic N) is 2. The van der Waals surface area contributed by atoms with Crippen molar-refractivity contribution in [2.75, 3.05) is 33.2 Å². The molecule has 0 aromatic heterocycles. The smallest absolute Gasteiger partial charge is 0.312 e. The lowest BCUT2D eigenvalue weighted by Gasteiger charge is -2.35. The topological polar surface area (TPSA) is 52.6 Å². The van der Waals surface area contributed by atoms with Crippen LogP contribution in [0.5, 0.6) is 0 Å². The van der Waals surface area contributed by atoms with E-state index < -0.39 is 0 Å². The molecule has 0 aliphatic carbocycles. The van der Waals surface area contributed by atoms with E-state index in [1.54, 1.807) is 9.80 Å². The summed E-state index contributed by atoms with van der Waals surface area (Å²) in [5.74, 6) is -0.738. The Morgan fingerprint density at radius 2 is 1.93 bits per heavy atom. The second kappa shape index (κ2) is 5.11.